The molecule has 1 aromatic carbocycles. The van der Waals surface area contributed by atoms with Gasteiger partial charge in [-0.1, -0.05) is 12.1 Å². The normalized spacial score (nSPS) is 11.2. The molecule has 6 nitrogen and oxygen atoms in total. The van der Waals surface area contributed by atoms with E-state index in [1.165, 1.54) is 18.6 Å². The van der Waals surface area contributed by atoms with E-state index in [-0.39, 0.29) is 16.4 Å². The van der Waals surface area contributed by atoms with Crippen molar-refractivity contribution in [3.63, 3.8) is 0 Å². The first-order valence-electron chi connectivity index (χ1n) is 6.28. The van der Waals surface area contributed by atoms with Crippen molar-refractivity contribution in [2.45, 2.75) is 18.4 Å². The lowest BCUT2D eigenvalue weighted by atomic mass is 10.1. The van der Waals surface area contributed by atoms with Gasteiger partial charge in [-0.15, -0.1) is 11.3 Å². The largest absolute Gasteiger partial charge is 0.465 e. The van der Waals surface area contributed by atoms with Gasteiger partial charge < -0.3 is 9.84 Å². The van der Waals surface area contributed by atoms with E-state index in [1.54, 1.807) is 25.1 Å². The van der Waals surface area contributed by atoms with E-state index in [2.05, 4.69) is 9.46 Å². The number of ether oxygens (including phenoxy) is 1. The van der Waals surface area contributed by atoms with E-state index < -0.39 is 16.0 Å². The molecule has 0 spiro atoms. The van der Waals surface area contributed by atoms with E-state index in [9.17, 15) is 13.2 Å². The molecule has 0 radical (unpaired) electrons. The van der Waals surface area contributed by atoms with Crippen molar-refractivity contribution in [1.82, 2.24) is 0 Å². The molecule has 0 bridgehead atoms. The number of rotatable bonds is 5. The van der Waals surface area contributed by atoms with Gasteiger partial charge in [0.25, 0.3) is 10.0 Å². The molecular formula is C14H15NO5S2. The van der Waals surface area contributed by atoms with Gasteiger partial charge in [0.1, 0.15) is 9.77 Å². The van der Waals surface area contributed by atoms with Gasteiger partial charge in [0, 0.05) is 0 Å². The highest BCUT2D eigenvalue weighted by molar-refractivity contribution is 7.93. The number of aryl methyl sites for hydroxylation is 1. The van der Waals surface area contributed by atoms with Crippen molar-refractivity contribution in [2.24, 2.45) is 0 Å². The third-order valence-corrected chi connectivity index (χ3v) is 5.45. The van der Waals surface area contributed by atoms with Crippen LogP contribution in [0, 0.1) is 6.92 Å². The van der Waals surface area contributed by atoms with E-state index in [1.807, 2.05) is 0 Å². The van der Waals surface area contributed by atoms with Crippen LogP contribution >= 0.6 is 11.3 Å². The number of sulfonamides is 1. The Morgan fingerprint density at radius 1 is 1.36 bits per heavy atom. The van der Waals surface area contributed by atoms with Gasteiger partial charge in [0.2, 0.25) is 0 Å². The first-order valence-corrected chi connectivity index (χ1v) is 8.64. The molecule has 2 rings (SSSR count). The van der Waals surface area contributed by atoms with Gasteiger partial charge in [0.15, 0.2) is 0 Å². The quantitative estimate of drug-likeness (QED) is 0.813. The number of nitrogens with one attached hydrogen (secondary N) is 1. The third kappa shape index (κ3) is 3.29. The predicted molar refractivity (Wildman–Crippen MR) is 83.6 cm³/mol. The molecule has 2 aromatic rings. The molecule has 1 heterocycles. The molecule has 8 heteroatoms. The number of thiophene rings is 1. The van der Waals surface area contributed by atoms with Crippen molar-refractivity contribution >= 4 is 33.0 Å². The Bertz CT molecular complexity index is 795. The fraction of sp³-hybridized carbons (Fsp3) is 0.214. The van der Waals surface area contributed by atoms with Crippen LogP contribution < -0.4 is 4.72 Å². The van der Waals surface area contributed by atoms with Gasteiger partial charge in [-0.3, -0.25) is 4.72 Å². The number of hydrogen-bond donors (Lipinski definition) is 2. The van der Waals surface area contributed by atoms with Crippen LogP contribution in [0.15, 0.2) is 34.5 Å². The number of aliphatic hydroxyl groups is 1. The summed E-state index contributed by atoms with van der Waals surface area (Å²) in [4.78, 5) is 11.5. The molecule has 0 aliphatic rings. The average molecular weight is 341 g/mol. The average Bonchev–Trinajstić information content (AvgIpc) is 2.99. The fourth-order valence-corrected chi connectivity index (χ4v) is 4.29. The zero-order valence-electron chi connectivity index (χ0n) is 12.0. The molecule has 0 atom stereocenters. The summed E-state index contributed by atoms with van der Waals surface area (Å²) in [6.07, 6.45) is 0. The van der Waals surface area contributed by atoms with Crippen LogP contribution in [0.5, 0.6) is 0 Å². The molecule has 0 saturated carbocycles. The molecule has 0 fully saturated rings. The molecule has 22 heavy (non-hydrogen) atoms. The van der Waals surface area contributed by atoms with Crippen molar-refractivity contribution < 1.29 is 23.1 Å². The van der Waals surface area contributed by atoms with Crippen LogP contribution in [0.3, 0.4) is 0 Å². The zero-order valence-corrected chi connectivity index (χ0v) is 13.6. The molecule has 0 amide bonds. The second kappa shape index (κ2) is 6.47. The summed E-state index contributed by atoms with van der Waals surface area (Å²) in [5, 5.41) is 10.7. The first kappa shape index (κ1) is 16.5. The smallest absolute Gasteiger partial charge is 0.349 e. The van der Waals surface area contributed by atoms with Gasteiger partial charge in [-0.05, 0) is 35.6 Å². The highest BCUT2D eigenvalue weighted by Crippen LogP contribution is 2.26. The maximum absolute atomic E-state index is 12.5. The standard InChI is InChI=1S/C14H15NO5S2/c1-9-3-4-10(8-16)7-11(9)15-22(18,19)12-5-6-21-13(12)14(17)20-2/h3-7,15-16H,8H2,1-2H3. The van der Waals surface area contributed by atoms with Crippen molar-refractivity contribution in [3.8, 4) is 0 Å². The Morgan fingerprint density at radius 2 is 2.09 bits per heavy atom. The molecular weight excluding hydrogens is 326 g/mol. The second-order valence-corrected chi connectivity index (χ2v) is 7.09. The van der Waals surface area contributed by atoms with Crippen LogP contribution in [0.4, 0.5) is 5.69 Å². The summed E-state index contributed by atoms with van der Waals surface area (Å²) in [6, 6.07) is 6.32. The summed E-state index contributed by atoms with van der Waals surface area (Å²) in [7, 11) is -2.73. The summed E-state index contributed by atoms with van der Waals surface area (Å²) in [5.74, 6) is -0.698. The summed E-state index contributed by atoms with van der Waals surface area (Å²) in [5.41, 5.74) is 1.64. The van der Waals surface area contributed by atoms with Gasteiger partial charge in [-0.2, -0.15) is 0 Å². The van der Waals surface area contributed by atoms with Crippen LogP contribution in [0.1, 0.15) is 20.8 Å². The SMILES string of the molecule is COC(=O)c1sccc1S(=O)(=O)Nc1cc(CO)ccc1C. The summed E-state index contributed by atoms with van der Waals surface area (Å²) >= 11 is 0.998. The topological polar surface area (TPSA) is 92.7 Å². The van der Waals surface area contributed by atoms with Crippen LogP contribution in [0.2, 0.25) is 0 Å². The van der Waals surface area contributed by atoms with Crippen molar-refractivity contribution in [1.29, 1.82) is 0 Å². The molecule has 0 aliphatic carbocycles. The minimum absolute atomic E-state index is 0.0194. The number of aliphatic hydroxyl groups excluding tert-OH is 1. The molecule has 0 unspecified atom stereocenters. The fourth-order valence-electron chi connectivity index (χ4n) is 1.83. The van der Waals surface area contributed by atoms with Gasteiger partial charge in [-0.25, -0.2) is 13.2 Å². The molecule has 0 saturated heterocycles. The monoisotopic (exact) mass is 341 g/mol. The maximum Gasteiger partial charge on any atom is 0.349 e. The lowest BCUT2D eigenvalue weighted by Gasteiger charge is -2.12. The van der Waals surface area contributed by atoms with E-state index in [0.29, 0.717) is 16.8 Å². The number of hydrogen-bond acceptors (Lipinski definition) is 6. The van der Waals surface area contributed by atoms with Crippen molar-refractivity contribution in [2.75, 3.05) is 11.8 Å². The Hall–Kier alpha value is -1.90. The number of methoxy groups -OCH3 is 1. The van der Waals surface area contributed by atoms with Gasteiger partial charge in [0.05, 0.1) is 19.4 Å². The minimum atomic E-state index is -3.93. The zero-order chi connectivity index (χ0) is 16.3. The minimum Gasteiger partial charge on any atom is -0.465 e. The number of anilines is 1. The predicted octanol–water partition coefficient (Wildman–Crippen LogP) is 2.14. The van der Waals surface area contributed by atoms with Crippen molar-refractivity contribution in [3.05, 3.63) is 45.6 Å². The molecule has 0 aliphatic heterocycles. The van der Waals surface area contributed by atoms with E-state index in [4.69, 9.17) is 5.11 Å². The van der Waals surface area contributed by atoms with Gasteiger partial charge >= 0.3 is 5.97 Å². The molecule has 2 N–H and O–H groups in total. The second-order valence-electron chi connectivity index (χ2n) is 4.52. The van der Waals surface area contributed by atoms with E-state index in [0.717, 1.165) is 11.3 Å². The number of benzene rings is 1. The Balaban J connectivity index is 2.41. The lowest BCUT2D eigenvalue weighted by Crippen LogP contribution is -2.16. The molecule has 1 aromatic heterocycles. The van der Waals surface area contributed by atoms with Crippen LogP contribution in [0.25, 0.3) is 0 Å². The van der Waals surface area contributed by atoms with Crippen LogP contribution in [-0.2, 0) is 21.4 Å². The Kier molecular flexibility index (Phi) is 4.84. The summed E-state index contributed by atoms with van der Waals surface area (Å²) < 4.78 is 32.0. The summed E-state index contributed by atoms with van der Waals surface area (Å²) in [6.45, 7) is 1.55. The maximum atomic E-state index is 12.5. The Labute approximate surface area is 132 Å². The highest BCUT2D eigenvalue weighted by Gasteiger charge is 2.25. The Morgan fingerprint density at radius 3 is 2.73 bits per heavy atom. The third-order valence-electron chi connectivity index (χ3n) is 3.02. The lowest BCUT2D eigenvalue weighted by molar-refractivity contribution is 0.0602. The van der Waals surface area contributed by atoms with E-state index >= 15 is 0 Å². The number of esters is 1. The number of carbonyl (C=O) groups is 1. The molecule has 118 valence electrons. The highest BCUT2D eigenvalue weighted by atomic mass is 32.2. The first-order chi connectivity index (χ1) is 10.4. The number of carbonyl (C=O) groups excluding carboxylic acids is 1. The van der Waals surface area contributed by atoms with Crippen LogP contribution in [-0.4, -0.2) is 26.6 Å².